The van der Waals surface area contributed by atoms with Crippen LogP contribution < -0.4 is 5.32 Å². The molecule has 21 heavy (non-hydrogen) atoms. The summed E-state index contributed by atoms with van der Waals surface area (Å²) in [5, 5.41) is 3.06. The average molecular weight is 308 g/mol. The average Bonchev–Trinajstić information content (AvgIpc) is 2.43. The molecule has 2 rings (SSSR count). The van der Waals surface area contributed by atoms with Gasteiger partial charge in [-0.1, -0.05) is 6.07 Å². The van der Waals surface area contributed by atoms with Crippen LogP contribution in [0.25, 0.3) is 11.5 Å². The van der Waals surface area contributed by atoms with E-state index in [-0.39, 0.29) is 7.18 Å². The van der Waals surface area contributed by atoms with Gasteiger partial charge in [0.05, 0.1) is 5.75 Å². The first-order valence-corrected chi connectivity index (χ1v) is 8.61. The first kappa shape index (κ1) is 15.4. The van der Waals surface area contributed by atoms with Crippen LogP contribution in [0.15, 0.2) is 24.4 Å². The molecule has 0 aliphatic rings. The van der Waals surface area contributed by atoms with Crippen LogP contribution in [0.2, 0.25) is 0 Å². The zero-order valence-corrected chi connectivity index (χ0v) is 13.1. The molecule has 0 saturated carbocycles. The van der Waals surface area contributed by atoms with E-state index in [1.54, 1.807) is 6.20 Å². The number of sulfone groups is 1. The number of nitrogens with one attached hydrogen (secondary N) is 1. The van der Waals surface area contributed by atoms with Gasteiger partial charge in [-0.25, -0.2) is 18.4 Å². The van der Waals surface area contributed by atoms with Crippen molar-refractivity contribution in [3.8, 4) is 11.5 Å². The van der Waals surface area contributed by atoms with Crippen molar-refractivity contribution in [3.63, 3.8) is 0 Å². The Labute approximate surface area is 126 Å². The molecule has 0 bridgehead atoms. The van der Waals surface area contributed by atoms with Gasteiger partial charge in [-0.2, -0.15) is 0 Å². The summed E-state index contributed by atoms with van der Waals surface area (Å²) in [6.45, 7) is 4.11. The molecule has 0 saturated heterocycles. The van der Waals surface area contributed by atoms with Gasteiger partial charge < -0.3 is 5.32 Å². The van der Waals surface area contributed by atoms with E-state index in [0.717, 1.165) is 11.3 Å². The fourth-order valence-electron chi connectivity index (χ4n) is 1.77. The van der Waals surface area contributed by atoms with Gasteiger partial charge >= 0.3 is 0 Å². The van der Waals surface area contributed by atoms with Crippen molar-refractivity contribution >= 4 is 15.7 Å². The Hall–Kier alpha value is -2.02. The van der Waals surface area contributed by atoms with Gasteiger partial charge in [0.15, 0.2) is 5.82 Å². The third kappa shape index (κ3) is 4.22. The van der Waals surface area contributed by atoms with Crippen LogP contribution in [0.4, 0.5) is 5.82 Å². The Morgan fingerprint density at radius 1 is 1.24 bits per heavy atom. The summed E-state index contributed by atoms with van der Waals surface area (Å²) in [6.07, 6.45) is 2.90. The van der Waals surface area contributed by atoms with E-state index in [4.69, 9.17) is 0 Å². The quantitative estimate of drug-likeness (QED) is 0.907. The third-order valence-corrected chi connectivity index (χ3v) is 3.99. The van der Waals surface area contributed by atoms with Gasteiger partial charge in [0, 0.05) is 31.7 Å². The number of rotatable bonds is 5. The molecule has 0 spiro atoms. The fraction of sp³-hybridized carbons (Fsp3) is 0.357. The summed E-state index contributed by atoms with van der Waals surface area (Å²) in [6, 6.07) is 5.54. The number of aromatic nitrogens is 3. The smallest absolute Gasteiger partial charge is 0.180 e. The van der Waals surface area contributed by atoms with Crippen LogP contribution in [-0.2, 0) is 9.84 Å². The Morgan fingerprint density at radius 3 is 2.62 bits per heavy atom. The molecule has 0 amide bonds. The molecule has 2 aromatic heterocycles. The summed E-state index contributed by atoms with van der Waals surface area (Å²) in [7, 11) is -3.00. The Morgan fingerprint density at radius 2 is 2.00 bits per heavy atom. The number of aryl methyl sites for hydroxylation is 1. The molecule has 2 aromatic rings. The van der Waals surface area contributed by atoms with E-state index in [2.05, 4.69) is 20.3 Å². The van der Waals surface area contributed by atoms with Crippen molar-refractivity contribution in [2.75, 3.05) is 23.9 Å². The molecule has 114 valence electrons. The monoisotopic (exact) mass is 308 g/mol. The summed E-state index contributed by atoms with van der Waals surface area (Å²) < 4.78 is 22.4. The predicted octanol–water partition coefficient (Wildman–Crippen LogP) is 1.86. The van der Waals surface area contributed by atoms with Gasteiger partial charge in [-0.05, 0) is 26.0 Å². The minimum absolute atomic E-state index is 0. The van der Waals surface area contributed by atoms with Crippen LogP contribution >= 0.6 is 0 Å². The lowest BCUT2D eigenvalue weighted by Crippen LogP contribution is -2.16. The number of anilines is 1. The second-order valence-corrected chi connectivity index (χ2v) is 7.14. The largest absolute Gasteiger partial charge is 0.369 e. The number of hydrogen-bond acceptors (Lipinski definition) is 6. The van der Waals surface area contributed by atoms with Crippen LogP contribution in [0.3, 0.4) is 0 Å². The first-order chi connectivity index (χ1) is 9.87. The second kappa shape index (κ2) is 6.17. The van der Waals surface area contributed by atoms with Gasteiger partial charge in [-0.15, -0.1) is 0 Å². The highest BCUT2D eigenvalue weighted by molar-refractivity contribution is 7.90. The molecule has 0 atom stereocenters. The number of pyridine rings is 1. The van der Waals surface area contributed by atoms with E-state index in [9.17, 15) is 8.42 Å². The van der Waals surface area contributed by atoms with Crippen molar-refractivity contribution < 1.29 is 9.84 Å². The maximum atomic E-state index is 11.2. The van der Waals surface area contributed by atoms with E-state index in [1.807, 2.05) is 32.0 Å². The molecule has 6 nitrogen and oxygen atoms in total. The molecule has 0 aliphatic heterocycles. The standard InChI is InChI=1S/C14H18N4O2S.H2/c1-10-11(2)17-14(12-6-4-5-7-15-12)18-13(10)16-8-9-21(3,19)20;/h4-7H,8-9H2,1-3H3,(H,16,17,18);1H. The maximum absolute atomic E-state index is 11.2. The van der Waals surface area contributed by atoms with Gasteiger partial charge in [0.2, 0.25) is 0 Å². The summed E-state index contributed by atoms with van der Waals surface area (Å²) in [4.78, 5) is 13.1. The molecule has 1 N–H and O–H groups in total. The lowest BCUT2D eigenvalue weighted by atomic mass is 10.2. The molecule has 2 heterocycles. The predicted molar refractivity (Wildman–Crippen MR) is 85.1 cm³/mol. The van der Waals surface area contributed by atoms with Crippen molar-refractivity contribution in [1.29, 1.82) is 0 Å². The first-order valence-electron chi connectivity index (χ1n) is 6.55. The number of hydrogen-bond donors (Lipinski definition) is 1. The Bertz CT molecular complexity index is 736. The highest BCUT2D eigenvalue weighted by atomic mass is 32.2. The molecule has 0 aromatic carbocycles. The Balaban J connectivity index is 0.00000242. The zero-order valence-electron chi connectivity index (χ0n) is 12.3. The van der Waals surface area contributed by atoms with Crippen LogP contribution in [0, 0.1) is 13.8 Å². The van der Waals surface area contributed by atoms with Crippen LogP contribution in [0.5, 0.6) is 0 Å². The van der Waals surface area contributed by atoms with E-state index >= 15 is 0 Å². The highest BCUT2D eigenvalue weighted by Crippen LogP contribution is 2.19. The van der Waals surface area contributed by atoms with Gasteiger partial charge in [0.1, 0.15) is 21.3 Å². The normalized spacial score (nSPS) is 11.4. The minimum atomic E-state index is -3.00. The van der Waals surface area contributed by atoms with E-state index in [1.165, 1.54) is 6.26 Å². The fourth-order valence-corrected chi connectivity index (χ4v) is 2.24. The molecule has 7 heteroatoms. The zero-order chi connectivity index (χ0) is 15.5. The van der Waals surface area contributed by atoms with Crippen molar-refractivity contribution in [2.24, 2.45) is 0 Å². The van der Waals surface area contributed by atoms with Gasteiger partial charge in [0.25, 0.3) is 0 Å². The molecule has 0 unspecified atom stereocenters. The molecular weight excluding hydrogens is 288 g/mol. The van der Waals surface area contributed by atoms with Crippen LogP contribution in [0.1, 0.15) is 12.7 Å². The molecular formula is C14H20N4O2S. The number of nitrogens with zero attached hydrogens (tertiary/aromatic N) is 3. The molecule has 0 aliphatic carbocycles. The summed E-state index contributed by atoms with van der Waals surface area (Å²) in [5.41, 5.74) is 2.43. The van der Waals surface area contributed by atoms with Gasteiger partial charge in [-0.3, -0.25) is 4.98 Å². The lowest BCUT2D eigenvalue weighted by Gasteiger charge is -2.11. The van der Waals surface area contributed by atoms with E-state index < -0.39 is 9.84 Å². The van der Waals surface area contributed by atoms with Crippen molar-refractivity contribution in [3.05, 3.63) is 35.7 Å². The summed E-state index contributed by atoms with van der Waals surface area (Å²) in [5.74, 6) is 1.24. The second-order valence-electron chi connectivity index (χ2n) is 4.88. The maximum Gasteiger partial charge on any atom is 0.180 e. The molecule has 0 fully saturated rings. The van der Waals surface area contributed by atoms with Crippen LogP contribution in [-0.4, -0.2) is 41.9 Å². The Kier molecular flexibility index (Phi) is 4.52. The highest BCUT2D eigenvalue weighted by Gasteiger charge is 2.11. The van der Waals surface area contributed by atoms with Crippen molar-refractivity contribution in [2.45, 2.75) is 13.8 Å². The SMILES string of the molecule is Cc1nc(-c2ccccn2)nc(NCCS(C)(=O)=O)c1C.[HH]. The summed E-state index contributed by atoms with van der Waals surface area (Å²) >= 11 is 0. The third-order valence-electron chi connectivity index (χ3n) is 3.05. The minimum Gasteiger partial charge on any atom is -0.369 e. The lowest BCUT2D eigenvalue weighted by molar-refractivity contribution is 0.602. The molecule has 0 radical (unpaired) electrons. The van der Waals surface area contributed by atoms with Crippen molar-refractivity contribution in [1.82, 2.24) is 15.0 Å². The topological polar surface area (TPSA) is 84.8 Å². The van der Waals surface area contributed by atoms with E-state index in [0.29, 0.717) is 23.9 Å².